The highest BCUT2D eigenvalue weighted by atomic mass is 79.9. The van der Waals surface area contributed by atoms with Crippen molar-refractivity contribution in [1.82, 2.24) is 4.90 Å². The van der Waals surface area contributed by atoms with Gasteiger partial charge in [-0.2, -0.15) is 0 Å². The van der Waals surface area contributed by atoms with Crippen LogP contribution in [-0.2, 0) is 9.59 Å². The molecule has 0 aromatic carbocycles. The first-order valence-electron chi connectivity index (χ1n) is 4.29. The first kappa shape index (κ1) is 11.7. The van der Waals surface area contributed by atoms with Gasteiger partial charge in [-0.1, -0.05) is 31.9 Å². The number of hydrogen-bond donors (Lipinski definition) is 0. The number of β-lactam (4-membered cyclic amide) rings is 1. The molecule has 0 aromatic heterocycles. The summed E-state index contributed by atoms with van der Waals surface area (Å²) in [6.07, 6.45) is 0. The summed E-state index contributed by atoms with van der Waals surface area (Å²) >= 11 is 7.97. The first-order valence-corrected chi connectivity index (χ1v) is 6.75. The van der Waals surface area contributed by atoms with Gasteiger partial charge in [-0.3, -0.25) is 4.79 Å². The second-order valence-electron chi connectivity index (χ2n) is 4.13. The second-order valence-corrected chi connectivity index (χ2v) is 9.43. The molecule has 0 bridgehead atoms. The zero-order valence-corrected chi connectivity index (χ0v) is 12.0. The van der Waals surface area contributed by atoms with E-state index in [-0.39, 0.29) is 11.3 Å². The number of alkyl halides is 2. The van der Waals surface area contributed by atoms with Crippen LogP contribution < -0.4 is 5.11 Å². The van der Waals surface area contributed by atoms with E-state index in [4.69, 9.17) is 0 Å². The largest absolute Gasteiger partial charge is 0.548 e. The van der Waals surface area contributed by atoms with Gasteiger partial charge in [0.2, 0.25) is 0 Å². The minimum atomic E-state index is -1.20. The molecule has 0 N–H and O–H groups in total. The molecule has 0 aliphatic carbocycles. The Hall–Kier alpha value is 0.250. The number of aliphatic carboxylic acids is 1. The normalized spacial score (nSPS) is 36.0. The molecular formula is C8H8Br2NO3S-. The molecule has 2 saturated heterocycles. The fourth-order valence-corrected chi connectivity index (χ4v) is 4.87. The standard InChI is InChI=1S/C8H9Br2NO3S/c1-7(2)3(4(12)13)11-5(14)8(9,10)6(11)15-7/h3,6H,1-2H3,(H,12,13)/p-1/t3-,6+/m1/s1. The van der Waals surface area contributed by atoms with Crippen molar-refractivity contribution >= 4 is 55.5 Å². The van der Waals surface area contributed by atoms with Crippen molar-refractivity contribution in [3.05, 3.63) is 0 Å². The molecule has 2 fully saturated rings. The molecule has 2 heterocycles. The summed E-state index contributed by atoms with van der Waals surface area (Å²) in [4.78, 5) is 24.1. The van der Waals surface area contributed by atoms with Gasteiger partial charge in [0.25, 0.3) is 5.91 Å². The highest BCUT2D eigenvalue weighted by Crippen LogP contribution is 2.59. The maximum atomic E-state index is 11.7. The van der Waals surface area contributed by atoms with E-state index in [0.29, 0.717) is 0 Å². The summed E-state index contributed by atoms with van der Waals surface area (Å²) < 4.78 is -1.34. The summed E-state index contributed by atoms with van der Waals surface area (Å²) in [7, 11) is 0. The number of nitrogens with zero attached hydrogens (tertiary/aromatic N) is 1. The van der Waals surface area contributed by atoms with Crippen LogP contribution in [0.3, 0.4) is 0 Å². The molecule has 7 heteroatoms. The number of thioether (sulfide) groups is 1. The van der Waals surface area contributed by atoms with E-state index in [9.17, 15) is 14.7 Å². The molecule has 15 heavy (non-hydrogen) atoms. The Balaban J connectivity index is 2.37. The van der Waals surface area contributed by atoms with Crippen molar-refractivity contribution in [2.24, 2.45) is 0 Å². The van der Waals surface area contributed by atoms with Gasteiger partial charge in [-0.25, -0.2) is 0 Å². The van der Waals surface area contributed by atoms with Gasteiger partial charge in [-0.05, 0) is 13.8 Å². The van der Waals surface area contributed by atoms with Gasteiger partial charge in [0.15, 0.2) is 3.23 Å². The van der Waals surface area contributed by atoms with Crippen molar-refractivity contribution in [1.29, 1.82) is 0 Å². The van der Waals surface area contributed by atoms with Crippen LogP contribution in [0.25, 0.3) is 0 Å². The minimum absolute atomic E-state index is 0.192. The summed E-state index contributed by atoms with van der Waals surface area (Å²) in [6.45, 7) is 3.61. The Bertz CT molecular complexity index is 358. The van der Waals surface area contributed by atoms with Crippen LogP contribution in [0.5, 0.6) is 0 Å². The number of rotatable bonds is 1. The molecule has 2 aliphatic rings. The first-order chi connectivity index (χ1) is 6.69. The molecule has 0 spiro atoms. The quantitative estimate of drug-likeness (QED) is 0.499. The third kappa shape index (κ3) is 1.39. The predicted molar refractivity (Wildman–Crippen MR) is 61.7 cm³/mol. The average molecular weight is 358 g/mol. The number of fused-ring (bicyclic) bond motifs is 1. The highest BCUT2D eigenvalue weighted by molar-refractivity contribution is 9.26. The fraction of sp³-hybridized carbons (Fsp3) is 0.750. The Kier molecular flexibility index (Phi) is 2.45. The molecule has 2 atom stereocenters. The van der Waals surface area contributed by atoms with Gasteiger partial charge in [0.05, 0.1) is 12.0 Å². The SMILES string of the molecule is CC1(C)S[C@@H]2N(C(=O)C2(Br)Br)[C@@H]1C(=O)[O-]. The third-order valence-electron chi connectivity index (χ3n) is 2.66. The lowest BCUT2D eigenvalue weighted by atomic mass is 9.98. The molecule has 1 amide bonds. The monoisotopic (exact) mass is 356 g/mol. The molecule has 0 saturated carbocycles. The van der Waals surface area contributed by atoms with Crippen LogP contribution in [0.1, 0.15) is 13.8 Å². The maximum absolute atomic E-state index is 11.7. The molecule has 0 aromatic rings. The van der Waals surface area contributed by atoms with Gasteiger partial charge in [0.1, 0.15) is 5.37 Å². The van der Waals surface area contributed by atoms with Crippen molar-refractivity contribution in [3.8, 4) is 0 Å². The number of carbonyl (C=O) groups excluding carboxylic acids is 2. The Morgan fingerprint density at radius 2 is 2.07 bits per heavy atom. The van der Waals surface area contributed by atoms with Gasteiger partial charge < -0.3 is 14.8 Å². The summed E-state index contributed by atoms with van der Waals surface area (Å²) in [5, 5.41) is 10.8. The molecule has 0 unspecified atom stereocenters. The second kappa shape index (κ2) is 3.13. The number of hydrogen-bond acceptors (Lipinski definition) is 4. The van der Waals surface area contributed by atoms with Gasteiger partial charge in [0, 0.05) is 4.75 Å². The maximum Gasteiger partial charge on any atom is 0.254 e. The van der Waals surface area contributed by atoms with Crippen LogP contribution in [0.2, 0.25) is 0 Å². The Morgan fingerprint density at radius 1 is 1.53 bits per heavy atom. The van der Waals surface area contributed by atoms with Crippen LogP contribution in [-0.4, -0.2) is 36.2 Å². The topological polar surface area (TPSA) is 60.4 Å². The number of carboxylic acid groups (broad SMARTS) is 1. The number of carboxylic acids is 1. The van der Waals surface area contributed by atoms with Gasteiger partial charge in [-0.15, -0.1) is 11.8 Å². The Morgan fingerprint density at radius 3 is 2.53 bits per heavy atom. The van der Waals surface area contributed by atoms with E-state index in [2.05, 4.69) is 31.9 Å². The molecular weight excluding hydrogens is 350 g/mol. The zero-order chi connectivity index (χ0) is 11.6. The summed E-state index contributed by atoms with van der Waals surface area (Å²) in [6, 6.07) is -0.858. The van der Waals surface area contributed by atoms with Crippen molar-refractivity contribution < 1.29 is 14.7 Å². The number of halogens is 2. The van der Waals surface area contributed by atoms with Crippen LogP contribution in [0.4, 0.5) is 0 Å². The zero-order valence-electron chi connectivity index (χ0n) is 7.99. The molecule has 84 valence electrons. The molecule has 2 aliphatic heterocycles. The molecule has 0 radical (unpaired) electrons. The number of carbonyl (C=O) groups is 2. The molecule has 2 rings (SSSR count). The van der Waals surface area contributed by atoms with E-state index >= 15 is 0 Å². The summed E-state index contributed by atoms with van der Waals surface area (Å²) in [5.74, 6) is -1.45. The van der Waals surface area contributed by atoms with Crippen LogP contribution >= 0.6 is 43.6 Å². The van der Waals surface area contributed by atoms with Crippen molar-refractivity contribution in [3.63, 3.8) is 0 Å². The smallest absolute Gasteiger partial charge is 0.254 e. The van der Waals surface area contributed by atoms with E-state index in [0.717, 1.165) is 0 Å². The Labute approximate surface area is 108 Å². The van der Waals surface area contributed by atoms with E-state index in [1.54, 1.807) is 13.8 Å². The molecule has 4 nitrogen and oxygen atoms in total. The van der Waals surface area contributed by atoms with E-state index < -0.39 is 20.0 Å². The lowest BCUT2D eigenvalue weighted by Crippen LogP contribution is -2.69. The van der Waals surface area contributed by atoms with Crippen molar-refractivity contribution in [2.75, 3.05) is 0 Å². The van der Waals surface area contributed by atoms with E-state index in [1.807, 2.05) is 0 Å². The minimum Gasteiger partial charge on any atom is -0.548 e. The fourth-order valence-electron chi connectivity index (χ4n) is 1.96. The number of amides is 1. The summed E-state index contributed by atoms with van der Waals surface area (Å²) in [5.41, 5.74) is 0. The predicted octanol–water partition coefficient (Wildman–Crippen LogP) is 0.285. The van der Waals surface area contributed by atoms with Crippen LogP contribution in [0.15, 0.2) is 0 Å². The van der Waals surface area contributed by atoms with Gasteiger partial charge >= 0.3 is 0 Å². The lowest BCUT2D eigenvalue weighted by Gasteiger charge is -2.47. The average Bonchev–Trinajstić information content (AvgIpc) is 2.35. The van der Waals surface area contributed by atoms with Crippen molar-refractivity contribution in [2.45, 2.75) is 33.2 Å². The van der Waals surface area contributed by atoms with Crippen LogP contribution in [0, 0.1) is 0 Å². The lowest BCUT2D eigenvalue weighted by molar-refractivity contribution is -0.312. The third-order valence-corrected chi connectivity index (χ3v) is 6.44. The van der Waals surface area contributed by atoms with E-state index in [1.165, 1.54) is 16.7 Å². The highest BCUT2D eigenvalue weighted by Gasteiger charge is 2.68.